The van der Waals surface area contributed by atoms with Gasteiger partial charge in [0.2, 0.25) is 17.7 Å². The van der Waals surface area contributed by atoms with Gasteiger partial charge in [0.25, 0.3) is 0 Å². The third-order valence-corrected chi connectivity index (χ3v) is 6.01. The van der Waals surface area contributed by atoms with E-state index in [4.69, 9.17) is 0 Å². The summed E-state index contributed by atoms with van der Waals surface area (Å²) in [7, 11) is 1.68. The zero-order valence-corrected chi connectivity index (χ0v) is 18.3. The normalized spacial score (nSPS) is 18.5. The molecule has 1 heterocycles. The highest BCUT2D eigenvalue weighted by Crippen LogP contribution is 2.28. The molecule has 0 saturated carbocycles. The van der Waals surface area contributed by atoms with Crippen molar-refractivity contribution >= 4 is 35.3 Å². The number of nitrogens with zero attached hydrogens (tertiary/aromatic N) is 2. The Bertz CT molecular complexity index is 562. The van der Waals surface area contributed by atoms with Crippen molar-refractivity contribution in [2.45, 2.75) is 83.3 Å². The number of imide groups is 1. The van der Waals surface area contributed by atoms with Crippen LogP contribution in [0.3, 0.4) is 0 Å². The Morgan fingerprint density at radius 2 is 1.78 bits per heavy atom. The molecule has 6 nitrogen and oxygen atoms in total. The Morgan fingerprint density at radius 1 is 1.15 bits per heavy atom. The van der Waals surface area contributed by atoms with Gasteiger partial charge in [-0.05, 0) is 30.9 Å². The van der Waals surface area contributed by atoms with Crippen LogP contribution in [0.5, 0.6) is 0 Å². The van der Waals surface area contributed by atoms with Crippen molar-refractivity contribution < 1.29 is 19.2 Å². The molecule has 0 N–H and O–H groups in total. The minimum absolute atomic E-state index is 0.000676. The quantitative estimate of drug-likeness (QED) is 0.395. The predicted octanol–water partition coefficient (Wildman–Crippen LogP) is 2.89. The van der Waals surface area contributed by atoms with E-state index in [-0.39, 0.29) is 40.7 Å². The van der Waals surface area contributed by atoms with Crippen LogP contribution in [0.2, 0.25) is 0 Å². The first-order chi connectivity index (χ1) is 12.6. The van der Waals surface area contributed by atoms with Gasteiger partial charge in [0.15, 0.2) is 5.78 Å². The minimum Gasteiger partial charge on any atom is -0.335 e. The number of hydrogen-bond donors (Lipinski definition) is 0. The van der Waals surface area contributed by atoms with E-state index in [0.29, 0.717) is 37.5 Å². The molecule has 0 spiro atoms. The Balaban J connectivity index is 2.36. The molecule has 1 fully saturated rings. The maximum Gasteiger partial charge on any atom is 0.242 e. The average molecular weight is 399 g/mol. The second kappa shape index (κ2) is 10.8. The fourth-order valence-electron chi connectivity index (χ4n) is 3.57. The van der Waals surface area contributed by atoms with Crippen molar-refractivity contribution in [3.05, 3.63) is 0 Å². The second-order valence-electron chi connectivity index (χ2n) is 7.88. The van der Waals surface area contributed by atoms with Crippen LogP contribution in [0.15, 0.2) is 0 Å². The number of amides is 3. The lowest BCUT2D eigenvalue weighted by molar-refractivity contribution is -0.139. The van der Waals surface area contributed by atoms with Crippen LogP contribution < -0.4 is 0 Å². The lowest BCUT2D eigenvalue weighted by Gasteiger charge is -2.29. The molecule has 27 heavy (non-hydrogen) atoms. The van der Waals surface area contributed by atoms with Crippen molar-refractivity contribution in [2.75, 3.05) is 13.6 Å². The summed E-state index contributed by atoms with van der Waals surface area (Å²) in [5.41, 5.74) is 0. The molecule has 0 bridgehead atoms. The molecule has 154 valence electrons. The van der Waals surface area contributed by atoms with Gasteiger partial charge in [-0.2, -0.15) is 0 Å². The SMILES string of the molecule is CC(=O)C(C(C)C)N(C)C(=O)CCCCCN1C(=O)CC(SC(C)C)C1=O. The van der Waals surface area contributed by atoms with Gasteiger partial charge >= 0.3 is 0 Å². The number of carbonyl (C=O) groups excluding carboxylic acids is 4. The number of unbranched alkanes of at least 4 members (excludes halogenated alkanes) is 2. The average Bonchev–Trinajstić information content (AvgIpc) is 2.79. The summed E-state index contributed by atoms with van der Waals surface area (Å²) >= 11 is 1.55. The van der Waals surface area contributed by atoms with Gasteiger partial charge in [-0.25, -0.2) is 0 Å². The van der Waals surface area contributed by atoms with Crippen LogP contribution in [-0.2, 0) is 19.2 Å². The molecule has 0 aromatic carbocycles. The topological polar surface area (TPSA) is 74.8 Å². The molecule has 1 aliphatic heterocycles. The summed E-state index contributed by atoms with van der Waals surface area (Å²) in [4.78, 5) is 51.3. The van der Waals surface area contributed by atoms with E-state index in [0.717, 1.165) is 6.42 Å². The molecular formula is C20H34N2O4S. The Hall–Kier alpha value is -1.37. The summed E-state index contributed by atoms with van der Waals surface area (Å²) in [6.45, 7) is 9.86. The van der Waals surface area contributed by atoms with Gasteiger partial charge in [-0.3, -0.25) is 24.1 Å². The molecule has 3 amide bonds. The number of Topliss-reactive ketones (excluding diaryl/α,β-unsaturated/α-hetero) is 1. The van der Waals surface area contributed by atoms with Crippen molar-refractivity contribution in [1.29, 1.82) is 0 Å². The van der Waals surface area contributed by atoms with Gasteiger partial charge in [-0.15, -0.1) is 11.8 Å². The van der Waals surface area contributed by atoms with Crippen molar-refractivity contribution in [3.8, 4) is 0 Å². The maximum absolute atomic E-state index is 12.3. The third-order valence-electron chi connectivity index (χ3n) is 4.77. The van der Waals surface area contributed by atoms with Crippen molar-refractivity contribution in [2.24, 2.45) is 5.92 Å². The monoisotopic (exact) mass is 398 g/mol. The Labute approximate surface area is 167 Å². The number of carbonyl (C=O) groups is 4. The molecule has 0 radical (unpaired) electrons. The zero-order valence-electron chi connectivity index (χ0n) is 17.5. The van der Waals surface area contributed by atoms with Crippen LogP contribution in [0.25, 0.3) is 0 Å². The van der Waals surface area contributed by atoms with E-state index in [2.05, 4.69) is 0 Å². The summed E-state index contributed by atoms with van der Waals surface area (Å²) in [5, 5.41) is 0.0756. The number of rotatable bonds is 11. The van der Waals surface area contributed by atoms with E-state index in [1.807, 2.05) is 27.7 Å². The van der Waals surface area contributed by atoms with E-state index < -0.39 is 0 Å². The Kier molecular flexibility index (Phi) is 9.50. The van der Waals surface area contributed by atoms with Crippen LogP contribution in [0.4, 0.5) is 0 Å². The third kappa shape index (κ3) is 6.94. The molecule has 1 aliphatic rings. The standard InChI is InChI=1S/C20H34N2O4S/c1-13(2)19(15(5)23)21(6)17(24)10-8-7-9-11-22-18(25)12-16(20(22)26)27-14(3)4/h13-14,16,19H,7-12H2,1-6H3. The van der Waals surface area contributed by atoms with Gasteiger partial charge in [0.1, 0.15) is 0 Å². The minimum atomic E-state index is -0.382. The van der Waals surface area contributed by atoms with Crippen LogP contribution >= 0.6 is 11.8 Å². The zero-order chi connectivity index (χ0) is 20.7. The fourth-order valence-corrected chi connectivity index (χ4v) is 4.71. The van der Waals surface area contributed by atoms with Gasteiger partial charge < -0.3 is 4.90 Å². The number of thioether (sulfide) groups is 1. The Morgan fingerprint density at radius 3 is 2.30 bits per heavy atom. The molecule has 2 atom stereocenters. The van der Waals surface area contributed by atoms with Crippen LogP contribution in [-0.4, -0.2) is 63.4 Å². The molecule has 1 rings (SSSR count). The maximum atomic E-state index is 12.3. The van der Waals surface area contributed by atoms with Crippen LogP contribution in [0.1, 0.15) is 66.7 Å². The lowest BCUT2D eigenvalue weighted by atomic mass is 9.99. The fraction of sp³-hybridized carbons (Fsp3) is 0.800. The molecule has 7 heteroatoms. The molecule has 2 unspecified atom stereocenters. The summed E-state index contributed by atoms with van der Waals surface area (Å²) in [6, 6.07) is -0.382. The molecular weight excluding hydrogens is 364 g/mol. The van der Waals surface area contributed by atoms with E-state index in [1.54, 1.807) is 23.7 Å². The van der Waals surface area contributed by atoms with Crippen molar-refractivity contribution in [3.63, 3.8) is 0 Å². The number of ketones is 1. The van der Waals surface area contributed by atoms with Crippen LogP contribution in [0, 0.1) is 5.92 Å². The van der Waals surface area contributed by atoms with E-state index >= 15 is 0 Å². The van der Waals surface area contributed by atoms with E-state index in [1.165, 1.54) is 11.8 Å². The first-order valence-electron chi connectivity index (χ1n) is 9.82. The molecule has 0 aliphatic carbocycles. The van der Waals surface area contributed by atoms with Crippen molar-refractivity contribution in [1.82, 2.24) is 9.80 Å². The van der Waals surface area contributed by atoms with Gasteiger partial charge in [0, 0.05) is 26.4 Å². The second-order valence-corrected chi connectivity index (χ2v) is 9.66. The highest BCUT2D eigenvalue weighted by molar-refractivity contribution is 8.01. The smallest absolute Gasteiger partial charge is 0.242 e. The highest BCUT2D eigenvalue weighted by Gasteiger charge is 2.38. The largest absolute Gasteiger partial charge is 0.335 e. The number of likely N-dealkylation sites (N-methyl/N-ethyl adjacent to an activating group) is 1. The van der Waals surface area contributed by atoms with E-state index in [9.17, 15) is 19.2 Å². The summed E-state index contributed by atoms with van der Waals surface area (Å²) in [6.07, 6.45) is 2.83. The highest BCUT2D eigenvalue weighted by atomic mass is 32.2. The van der Waals surface area contributed by atoms with Gasteiger partial charge in [0.05, 0.1) is 11.3 Å². The van der Waals surface area contributed by atoms with Gasteiger partial charge in [-0.1, -0.05) is 34.1 Å². The molecule has 1 saturated heterocycles. The lowest BCUT2D eigenvalue weighted by Crippen LogP contribution is -2.44. The molecule has 0 aromatic rings. The number of likely N-dealkylation sites (tertiary alicyclic amines) is 1. The predicted molar refractivity (Wildman–Crippen MR) is 108 cm³/mol. The summed E-state index contributed by atoms with van der Waals surface area (Å²) < 4.78 is 0. The molecule has 0 aromatic heterocycles. The first kappa shape index (κ1) is 23.7. The number of hydrogen-bond acceptors (Lipinski definition) is 5. The first-order valence-corrected chi connectivity index (χ1v) is 10.8. The summed E-state index contributed by atoms with van der Waals surface area (Å²) in [5.74, 6) is -0.113.